The van der Waals surface area contributed by atoms with Gasteiger partial charge in [0.1, 0.15) is 5.82 Å². The minimum atomic E-state index is -0.207. The molecule has 0 spiro atoms. The highest BCUT2D eigenvalue weighted by Crippen LogP contribution is 2.31. The van der Waals surface area contributed by atoms with Gasteiger partial charge in [0.05, 0.1) is 10.5 Å². The Morgan fingerprint density at radius 2 is 1.76 bits per heavy atom. The van der Waals surface area contributed by atoms with Gasteiger partial charge < -0.3 is 5.32 Å². The van der Waals surface area contributed by atoms with Gasteiger partial charge in [-0.15, -0.1) is 0 Å². The number of aryl methyl sites for hydroxylation is 2. The maximum Gasteiger partial charge on any atom is 0.142 e. The van der Waals surface area contributed by atoms with Crippen molar-refractivity contribution in [2.45, 2.75) is 26.8 Å². The van der Waals surface area contributed by atoms with E-state index in [-0.39, 0.29) is 11.9 Å². The van der Waals surface area contributed by atoms with Crippen LogP contribution in [0.1, 0.15) is 35.2 Å². The average Bonchev–Trinajstić information content (AvgIpc) is 2.45. The van der Waals surface area contributed by atoms with E-state index in [1.165, 1.54) is 0 Å². The molecule has 2 aromatic rings. The summed E-state index contributed by atoms with van der Waals surface area (Å²) in [6.45, 7) is 6.91. The molecule has 0 aliphatic carbocycles. The molecular weight excluding hydrogens is 397 g/mol. The molecule has 1 unspecified atom stereocenters. The Balaban J connectivity index is 2.56. The molecule has 0 fully saturated rings. The fraction of sp³-hybridized carbons (Fsp3) is 0.294. The zero-order chi connectivity index (χ0) is 15.6. The van der Waals surface area contributed by atoms with Gasteiger partial charge in [0, 0.05) is 10.0 Å². The second-order valence-corrected chi connectivity index (χ2v) is 6.75. The highest BCUT2D eigenvalue weighted by Gasteiger charge is 2.19. The summed E-state index contributed by atoms with van der Waals surface area (Å²) < 4.78 is 16.0. The first kappa shape index (κ1) is 16.7. The van der Waals surface area contributed by atoms with Gasteiger partial charge in [0.2, 0.25) is 0 Å². The predicted octanol–water partition coefficient (Wildman–Crippen LogP) is 5.67. The van der Waals surface area contributed by atoms with E-state index in [1.54, 1.807) is 6.07 Å². The van der Waals surface area contributed by atoms with Crippen LogP contribution < -0.4 is 5.32 Å². The van der Waals surface area contributed by atoms with Crippen molar-refractivity contribution >= 4 is 31.9 Å². The van der Waals surface area contributed by atoms with Crippen molar-refractivity contribution in [2.75, 3.05) is 6.54 Å². The lowest BCUT2D eigenvalue weighted by molar-refractivity contribution is 0.554. The topological polar surface area (TPSA) is 12.0 Å². The monoisotopic (exact) mass is 413 g/mol. The maximum absolute atomic E-state index is 14.4. The Labute approximate surface area is 142 Å². The Bertz CT molecular complexity index is 632. The third-order valence-corrected chi connectivity index (χ3v) is 5.36. The van der Waals surface area contributed by atoms with E-state index in [2.05, 4.69) is 63.2 Å². The van der Waals surface area contributed by atoms with Crippen molar-refractivity contribution in [3.63, 3.8) is 0 Å². The van der Waals surface area contributed by atoms with E-state index in [0.29, 0.717) is 10.0 Å². The molecule has 0 aromatic heterocycles. The van der Waals surface area contributed by atoms with E-state index in [1.807, 2.05) is 19.1 Å². The average molecular weight is 415 g/mol. The third-order valence-electron chi connectivity index (χ3n) is 3.49. The highest BCUT2D eigenvalue weighted by atomic mass is 79.9. The van der Waals surface area contributed by atoms with Crippen molar-refractivity contribution in [1.29, 1.82) is 0 Å². The standard InChI is InChI=1S/C17H18Br2FN/c1-4-21-17(13-6-5-7-14(18)16(13)20)12-8-10(2)15(19)11(3)9-12/h5-9,17,21H,4H2,1-3H3. The molecule has 1 atom stereocenters. The highest BCUT2D eigenvalue weighted by molar-refractivity contribution is 9.10. The number of benzene rings is 2. The lowest BCUT2D eigenvalue weighted by atomic mass is 9.95. The molecule has 2 rings (SSSR count). The van der Waals surface area contributed by atoms with Crippen molar-refractivity contribution < 1.29 is 4.39 Å². The van der Waals surface area contributed by atoms with Crippen LogP contribution in [0.15, 0.2) is 39.3 Å². The van der Waals surface area contributed by atoms with Crippen molar-refractivity contribution in [3.8, 4) is 0 Å². The molecule has 2 aromatic carbocycles. The van der Waals surface area contributed by atoms with Gasteiger partial charge in [0.25, 0.3) is 0 Å². The largest absolute Gasteiger partial charge is 0.306 e. The van der Waals surface area contributed by atoms with Crippen LogP contribution in [0.4, 0.5) is 4.39 Å². The van der Waals surface area contributed by atoms with E-state index in [0.717, 1.165) is 27.7 Å². The molecule has 0 saturated heterocycles. The lowest BCUT2D eigenvalue weighted by Crippen LogP contribution is -2.23. The van der Waals surface area contributed by atoms with Crippen molar-refractivity contribution in [2.24, 2.45) is 0 Å². The SMILES string of the molecule is CCNC(c1cc(C)c(Br)c(C)c1)c1cccc(Br)c1F. The molecule has 0 heterocycles. The quantitative estimate of drug-likeness (QED) is 0.679. The Morgan fingerprint density at radius 1 is 1.14 bits per heavy atom. The minimum absolute atomic E-state index is 0.155. The van der Waals surface area contributed by atoms with Gasteiger partial charge >= 0.3 is 0 Å². The first-order valence-electron chi connectivity index (χ1n) is 6.89. The van der Waals surface area contributed by atoms with Gasteiger partial charge in [-0.1, -0.05) is 47.1 Å². The predicted molar refractivity (Wildman–Crippen MR) is 93.2 cm³/mol. The number of rotatable bonds is 4. The van der Waals surface area contributed by atoms with E-state index in [4.69, 9.17) is 0 Å². The molecule has 4 heteroatoms. The molecular formula is C17H18Br2FN. The first-order chi connectivity index (χ1) is 9.95. The van der Waals surface area contributed by atoms with Crippen molar-refractivity contribution in [3.05, 3.63) is 67.3 Å². The summed E-state index contributed by atoms with van der Waals surface area (Å²) in [7, 11) is 0. The van der Waals surface area contributed by atoms with Crippen LogP contribution in [-0.2, 0) is 0 Å². The third kappa shape index (κ3) is 3.55. The summed E-state index contributed by atoms with van der Waals surface area (Å²) in [5.41, 5.74) is 4.05. The van der Waals surface area contributed by atoms with Crippen LogP contribution in [0.2, 0.25) is 0 Å². The van der Waals surface area contributed by atoms with Gasteiger partial charge in [0.15, 0.2) is 0 Å². The summed E-state index contributed by atoms with van der Waals surface area (Å²) in [5.74, 6) is -0.207. The van der Waals surface area contributed by atoms with Gasteiger partial charge in [-0.25, -0.2) is 4.39 Å². The van der Waals surface area contributed by atoms with Crippen LogP contribution in [0.3, 0.4) is 0 Å². The molecule has 21 heavy (non-hydrogen) atoms. The van der Waals surface area contributed by atoms with E-state index >= 15 is 0 Å². The molecule has 0 bridgehead atoms. The molecule has 112 valence electrons. The molecule has 0 saturated carbocycles. The Morgan fingerprint density at radius 3 is 2.33 bits per heavy atom. The normalized spacial score (nSPS) is 12.5. The summed E-state index contributed by atoms with van der Waals surface area (Å²) in [6, 6.07) is 9.47. The van der Waals surface area contributed by atoms with Crippen LogP contribution in [0, 0.1) is 19.7 Å². The zero-order valence-corrected chi connectivity index (χ0v) is 15.5. The summed E-state index contributed by atoms with van der Waals surface area (Å²) in [5, 5.41) is 3.38. The summed E-state index contributed by atoms with van der Waals surface area (Å²) in [4.78, 5) is 0. The summed E-state index contributed by atoms with van der Waals surface area (Å²) >= 11 is 6.85. The molecule has 1 N–H and O–H groups in total. The Kier molecular flexibility index (Phi) is 5.58. The van der Waals surface area contributed by atoms with Gasteiger partial charge in [-0.05, 0) is 59.1 Å². The second kappa shape index (κ2) is 7.03. The molecule has 0 amide bonds. The van der Waals surface area contributed by atoms with E-state index < -0.39 is 0 Å². The molecule has 0 aliphatic heterocycles. The van der Waals surface area contributed by atoms with Crippen LogP contribution in [-0.4, -0.2) is 6.54 Å². The number of hydrogen-bond acceptors (Lipinski definition) is 1. The molecule has 0 radical (unpaired) electrons. The molecule has 1 nitrogen and oxygen atoms in total. The minimum Gasteiger partial charge on any atom is -0.306 e. The maximum atomic E-state index is 14.4. The molecule has 0 aliphatic rings. The van der Waals surface area contributed by atoms with Gasteiger partial charge in [-0.3, -0.25) is 0 Å². The smallest absolute Gasteiger partial charge is 0.142 e. The number of hydrogen-bond donors (Lipinski definition) is 1. The Hall–Kier alpha value is -0.710. The van der Waals surface area contributed by atoms with Crippen molar-refractivity contribution in [1.82, 2.24) is 5.32 Å². The fourth-order valence-corrected chi connectivity index (χ4v) is 3.11. The first-order valence-corrected chi connectivity index (χ1v) is 8.48. The number of nitrogens with one attached hydrogen (secondary N) is 1. The zero-order valence-electron chi connectivity index (χ0n) is 12.3. The van der Waals surface area contributed by atoms with E-state index in [9.17, 15) is 4.39 Å². The number of halogens is 3. The van der Waals surface area contributed by atoms with Gasteiger partial charge in [-0.2, -0.15) is 0 Å². The summed E-state index contributed by atoms with van der Waals surface area (Å²) in [6.07, 6.45) is 0. The van der Waals surface area contributed by atoms with Crippen LogP contribution >= 0.6 is 31.9 Å². The fourth-order valence-electron chi connectivity index (χ4n) is 2.50. The van der Waals surface area contributed by atoms with Crippen LogP contribution in [0.5, 0.6) is 0 Å². The van der Waals surface area contributed by atoms with Crippen LogP contribution in [0.25, 0.3) is 0 Å². The lowest BCUT2D eigenvalue weighted by Gasteiger charge is -2.21. The second-order valence-electron chi connectivity index (χ2n) is 5.10.